The third-order valence-corrected chi connectivity index (χ3v) is 4.49. The number of rotatable bonds is 5. The smallest absolute Gasteiger partial charge is 0.262 e. The van der Waals surface area contributed by atoms with Gasteiger partial charge in [0.15, 0.2) is 0 Å². The average molecular weight is 352 g/mol. The molecule has 0 saturated heterocycles. The molecule has 0 bridgehead atoms. The number of amides is 1. The molecule has 2 rings (SSSR count). The molecule has 0 spiro atoms. The SMILES string of the molecule is C[C@](C=O)(Cc1ccccc1)NC(=O)c1ccc(Br)s1. The quantitative estimate of drug-likeness (QED) is 0.838. The van der Waals surface area contributed by atoms with E-state index in [1.807, 2.05) is 36.4 Å². The Morgan fingerprint density at radius 2 is 2.00 bits per heavy atom. The number of thiophene rings is 1. The summed E-state index contributed by atoms with van der Waals surface area (Å²) in [6.07, 6.45) is 1.26. The van der Waals surface area contributed by atoms with Crippen LogP contribution in [0.3, 0.4) is 0 Å². The molecule has 3 nitrogen and oxygen atoms in total. The van der Waals surface area contributed by atoms with E-state index in [0.717, 1.165) is 15.6 Å². The number of nitrogens with one attached hydrogen (secondary N) is 1. The highest BCUT2D eigenvalue weighted by atomic mass is 79.9. The Morgan fingerprint density at radius 3 is 2.55 bits per heavy atom. The largest absolute Gasteiger partial charge is 0.339 e. The zero-order valence-corrected chi connectivity index (χ0v) is 13.3. The molecule has 0 aliphatic rings. The van der Waals surface area contributed by atoms with Crippen LogP contribution in [0.1, 0.15) is 22.2 Å². The lowest BCUT2D eigenvalue weighted by atomic mass is 9.94. The van der Waals surface area contributed by atoms with Crippen molar-refractivity contribution in [1.29, 1.82) is 0 Å². The van der Waals surface area contributed by atoms with Crippen LogP contribution >= 0.6 is 27.3 Å². The Kier molecular flexibility index (Phi) is 4.73. The molecule has 2 aromatic rings. The van der Waals surface area contributed by atoms with E-state index in [2.05, 4.69) is 21.2 Å². The summed E-state index contributed by atoms with van der Waals surface area (Å²) in [5, 5.41) is 2.80. The van der Waals surface area contributed by atoms with Crippen LogP contribution in [0.2, 0.25) is 0 Å². The molecular weight excluding hydrogens is 338 g/mol. The minimum atomic E-state index is -0.908. The van der Waals surface area contributed by atoms with E-state index in [0.29, 0.717) is 11.3 Å². The predicted molar refractivity (Wildman–Crippen MR) is 84.1 cm³/mol. The third-order valence-electron chi connectivity index (χ3n) is 2.87. The van der Waals surface area contributed by atoms with Crippen molar-refractivity contribution in [2.75, 3.05) is 0 Å². The second-order valence-electron chi connectivity index (χ2n) is 4.76. The molecule has 1 N–H and O–H groups in total. The summed E-state index contributed by atoms with van der Waals surface area (Å²) < 4.78 is 0.888. The van der Waals surface area contributed by atoms with Crippen LogP contribution in [0.5, 0.6) is 0 Å². The van der Waals surface area contributed by atoms with Crippen molar-refractivity contribution in [2.45, 2.75) is 18.9 Å². The normalized spacial score (nSPS) is 13.5. The minimum Gasteiger partial charge on any atom is -0.339 e. The Bertz CT molecular complexity index is 611. The second-order valence-corrected chi connectivity index (χ2v) is 7.22. The van der Waals surface area contributed by atoms with E-state index >= 15 is 0 Å². The zero-order valence-electron chi connectivity index (χ0n) is 10.9. The van der Waals surface area contributed by atoms with Crippen molar-refractivity contribution in [2.24, 2.45) is 0 Å². The van der Waals surface area contributed by atoms with Gasteiger partial charge in [0.1, 0.15) is 6.29 Å². The van der Waals surface area contributed by atoms with Crippen molar-refractivity contribution in [3.63, 3.8) is 0 Å². The maximum Gasteiger partial charge on any atom is 0.262 e. The van der Waals surface area contributed by atoms with Crippen LogP contribution in [0.15, 0.2) is 46.3 Å². The number of carbonyl (C=O) groups is 2. The highest BCUT2D eigenvalue weighted by molar-refractivity contribution is 9.11. The minimum absolute atomic E-state index is 0.230. The van der Waals surface area contributed by atoms with Gasteiger partial charge in [-0.3, -0.25) is 4.79 Å². The molecule has 104 valence electrons. The van der Waals surface area contributed by atoms with E-state index in [1.165, 1.54) is 11.3 Å². The van der Waals surface area contributed by atoms with Crippen LogP contribution in [0.4, 0.5) is 0 Å². The van der Waals surface area contributed by atoms with Gasteiger partial charge in [-0.25, -0.2) is 0 Å². The number of hydrogen-bond donors (Lipinski definition) is 1. The Labute approximate surface area is 130 Å². The van der Waals surface area contributed by atoms with Crippen molar-refractivity contribution in [3.05, 3.63) is 56.7 Å². The number of carbonyl (C=O) groups excluding carboxylic acids is 2. The molecule has 0 fully saturated rings. The highest BCUT2D eigenvalue weighted by Gasteiger charge is 2.27. The molecule has 20 heavy (non-hydrogen) atoms. The van der Waals surface area contributed by atoms with Gasteiger partial charge in [0, 0.05) is 6.42 Å². The lowest BCUT2D eigenvalue weighted by Gasteiger charge is -2.24. The molecule has 1 aromatic carbocycles. The van der Waals surface area contributed by atoms with Gasteiger partial charge in [-0.05, 0) is 40.5 Å². The molecule has 0 unspecified atom stereocenters. The maximum absolute atomic E-state index is 12.1. The number of halogens is 1. The molecular formula is C15H14BrNO2S. The summed E-state index contributed by atoms with van der Waals surface area (Å²) in [5.74, 6) is -0.230. The highest BCUT2D eigenvalue weighted by Crippen LogP contribution is 2.22. The van der Waals surface area contributed by atoms with Crippen molar-refractivity contribution < 1.29 is 9.59 Å². The fraction of sp³-hybridized carbons (Fsp3) is 0.200. The Hall–Kier alpha value is -1.46. The molecule has 1 aromatic heterocycles. The van der Waals surface area contributed by atoms with E-state index in [-0.39, 0.29) is 5.91 Å². The molecule has 0 aliphatic heterocycles. The Balaban J connectivity index is 2.11. The van der Waals surface area contributed by atoms with Crippen LogP contribution in [0, 0.1) is 0 Å². The van der Waals surface area contributed by atoms with E-state index < -0.39 is 5.54 Å². The van der Waals surface area contributed by atoms with Gasteiger partial charge in [-0.1, -0.05) is 30.3 Å². The summed E-state index contributed by atoms with van der Waals surface area (Å²) >= 11 is 4.66. The van der Waals surface area contributed by atoms with E-state index in [4.69, 9.17) is 0 Å². The van der Waals surface area contributed by atoms with E-state index in [9.17, 15) is 9.59 Å². The van der Waals surface area contributed by atoms with Crippen LogP contribution in [0.25, 0.3) is 0 Å². The van der Waals surface area contributed by atoms with Gasteiger partial charge in [-0.2, -0.15) is 0 Å². The summed E-state index contributed by atoms with van der Waals surface area (Å²) in [5.41, 5.74) is 0.101. The zero-order chi connectivity index (χ0) is 14.6. The molecule has 0 radical (unpaired) electrons. The first kappa shape index (κ1) is 14.9. The van der Waals surface area contributed by atoms with Crippen LogP contribution in [-0.2, 0) is 11.2 Å². The third kappa shape index (κ3) is 3.77. The first-order valence-electron chi connectivity index (χ1n) is 6.10. The van der Waals surface area contributed by atoms with Gasteiger partial charge in [-0.15, -0.1) is 11.3 Å². The van der Waals surface area contributed by atoms with Gasteiger partial charge >= 0.3 is 0 Å². The number of aldehydes is 1. The van der Waals surface area contributed by atoms with Gasteiger partial charge in [0.25, 0.3) is 5.91 Å². The molecule has 0 aliphatic carbocycles. The summed E-state index contributed by atoms with van der Waals surface area (Å²) in [6.45, 7) is 1.73. The fourth-order valence-corrected chi connectivity index (χ4v) is 3.17. The summed E-state index contributed by atoms with van der Waals surface area (Å²) in [7, 11) is 0. The van der Waals surface area contributed by atoms with E-state index in [1.54, 1.807) is 13.0 Å². The predicted octanol–water partition coefficient (Wildman–Crippen LogP) is 3.44. The molecule has 5 heteroatoms. The fourth-order valence-electron chi connectivity index (χ4n) is 1.89. The first-order chi connectivity index (χ1) is 9.52. The number of hydrogen-bond acceptors (Lipinski definition) is 3. The summed E-state index contributed by atoms with van der Waals surface area (Å²) in [6, 6.07) is 13.2. The van der Waals surface area contributed by atoms with Crippen LogP contribution in [-0.4, -0.2) is 17.7 Å². The Morgan fingerprint density at radius 1 is 1.30 bits per heavy atom. The maximum atomic E-state index is 12.1. The first-order valence-corrected chi connectivity index (χ1v) is 7.71. The molecule has 0 saturated carbocycles. The van der Waals surface area contributed by atoms with Crippen LogP contribution < -0.4 is 5.32 Å². The molecule has 1 atom stereocenters. The second kappa shape index (κ2) is 6.33. The standard InChI is InChI=1S/C15H14BrNO2S/c1-15(10-18,9-11-5-3-2-4-6-11)17-14(19)12-7-8-13(16)20-12/h2-8,10H,9H2,1H3,(H,17,19)/t15-/m1/s1. The van der Waals surface area contributed by atoms with Crippen molar-refractivity contribution >= 4 is 39.5 Å². The lowest BCUT2D eigenvalue weighted by molar-refractivity contribution is -0.112. The number of benzene rings is 1. The van der Waals surface area contributed by atoms with Gasteiger partial charge in [0.05, 0.1) is 14.2 Å². The van der Waals surface area contributed by atoms with Gasteiger partial charge in [0.2, 0.25) is 0 Å². The molecule has 1 heterocycles. The van der Waals surface area contributed by atoms with Crippen molar-refractivity contribution in [3.8, 4) is 0 Å². The molecule has 1 amide bonds. The van der Waals surface area contributed by atoms with Gasteiger partial charge < -0.3 is 10.1 Å². The summed E-state index contributed by atoms with van der Waals surface area (Å²) in [4.78, 5) is 24.1. The average Bonchev–Trinajstić information content (AvgIpc) is 2.86. The topological polar surface area (TPSA) is 46.2 Å². The monoisotopic (exact) mass is 351 g/mol. The van der Waals surface area contributed by atoms with Crippen molar-refractivity contribution in [1.82, 2.24) is 5.32 Å². The lowest BCUT2D eigenvalue weighted by Crippen LogP contribution is -2.48.